The first-order chi connectivity index (χ1) is 9.68. The fraction of sp³-hybridized carbons (Fsp3) is 0.438. The second kappa shape index (κ2) is 7.10. The number of nitrogen functional groups attached to an aromatic ring is 1. The molecule has 1 aromatic heterocycles. The van der Waals surface area contributed by atoms with Crippen LogP contribution in [-0.2, 0) is 4.74 Å². The van der Waals surface area contributed by atoms with Crippen molar-refractivity contribution in [3.63, 3.8) is 0 Å². The van der Waals surface area contributed by atoms with E-state index in [9.17, 15) is 0 Å². The quantitative estimate of drug-likeness (QED) is 0.599. The van der Waals surface area contributed by atoms with Crippen molar-refractivity contribution < 1.29 is 4.74 Å². The summed E-state index contributed by atoms with van der Waals surface area (Å²) in [5.41, 5.74) is 8.61. The van der Waals surface area contributed by atoms with Crippen molar-refractivity contribution >= 4 is 22.3 Å². The van der Waals surface area contributed by atoms with Gasteiger partial charge in [-0.25, -0.2) is 0 Å². The first kappa shape index (κ1) is 14.6. The van der Waals surface area contributed by atoms with Crippen LogP contribution in [0.25, 0.3) is 10.9 Å². The molecule has 0 radical (unpaired) electrons. The van der Waals surface area contributed by atoms with Gasteiger partial charge in [0.15, 0.2) is 0 Å². The van der Waals surface area contributed by atoms with Crippen LogP contribution in [0.5, 0.6) is 0 Å². The molecule has 0 aliphatic rings. The molecular formula is C16H23N3O. The van der Waals surface area contributed by atoms with Gasteiger partial charge in [0.2, 0.25) is 0 Å². The number of para-hydroxylation sites is 1. The molecule has 0 saturated heterocycles. The van der Waals surface area contributed by atoms with Crippen molar-refractivity contribution in [2.45, 2.75) is 32.8 Å². The number of pyridine rings is 1. The molecule has 0 atom stereocenters. The van der Waals surface area contributed by atoms with E-state index >= 15 is 0 Å². The molecule has 0 aliphatic heterocycles. The molecule has 0 saturated carbocycles. The minimum absolute atomic E-state index is 0.315. The number of benzene rings is 1. The molecule has 0 unspecified atom stereocenters. The highest BCUT2D eigenvalue weighted by Crippen LogP contribution is 2.25. The summed E-state index contributed by atoms with van der Waals surface area (Å²) in [5.74, 6) is 0. The smallest absolute Gasteiger partial charge is 0.0951 e. The number of hydrogen-bond donors (Lipinski definition) is 2. The topological polar surface area (TPSA) is 60.2 Å². The normalized spacial score (nSPS) is 11.2. The molecule has 0 amide bonds. The first-order valence-corrected chi connectivity index (χ1v) is 7.17. The zero-order valence-electron chi connectivity index (χ0n) is 12.2. The van der Waals surface area contributed by atoms with E-state index in [1.54, 1.807) is 6.20 Å². The van der Waals surface area contributed by atoms with Crippen LogP contribution in [0.4, 0.5) is 11.4 Å². The second-order valence-electron chi connectivity index (χ2n) is 5.16. The third-order valence-electron chi connectivity index (χ3n) is 3.14. The Morgan fingerprint density at radius 1 is 1.25 bits per heavy atom. The molecule has 1 heterocycles. The molecule has 2 rings (SSSR count). The van der Waals surface area contributed by atoms with Crippen molar-refractivity contribution in [2.75, 3.05) is 24.2 Å². The van der Waals surface area contributed by atoms with Crippen LogP contribution in [0.15, 0.2) is 30.5 Å². The zero-order chi connectivity index (χ0) is 14.4. The van der Waals surface area contributed by atoms with Crippen molar-refractivity contribution in [2.24, 2.45) is 0 Å². The monoisotopic (exact) mass is 273 g/mol. The lowest BCUT2D eigenvalue weighted by molar-refractivity contribution is 0.0765. The predicted molar refractivity (Wildman–Crippen MR) is 85.0 cm³/mol. The number of nitrogens with one attached hydrogen (secondary N) is 1. The van der Waals surface area contributed by atoms with Crippen LogP contribution in [0.1, 0.15) is 26.7 Å². The number of rotatable bonds is 7. The van der Waals surface area contributed by atoms with Gasteiger partial charge in [0, 0.05) is 30.4 Å². The largest absolute Gasteiger partial charge is 0.397 e. The van der Waals surface area contributed by atoms with Gasteiger partial charge in [0.1, 0.15) is 0 Å². The van der Waals surface area contributed by atoms with E-state index in [1.165, 1.54) is 0 Å². The molecule has 4 heteroatoms. The highest BCUT2D eigenvalue weighted by molar-refractivity contribution is 5.97. The van der Waals surface area contributed by atoms with E-state index in [2.05, 4.69) is 24.1 Å². The molecular weight excluding hydrogens is 250 g/mol. The third kappa shape index (κ3) is 3.84. The molecule has 3 N–H and O–H groups in total. The van der Waals surface area contributed by atoms with Crippen LogP contribution in [-0.4, -0.2) is 24.2 Å². The maximum Gasteiger partial charge on any atom is 0.0951 e. The van der Waals surface area contributed by atoms with E-state index in [4.69, 9.17) is 10.5 Å². The lowest BCUT2D eigenvalue weighted by Crippen LogP contribution is -2.07. The lowest BCUT2D eigenvalue weighted by Gasteiger charge is -2.11. The zero-order valence-corrected chi connectivity index (χ0v) is 12.2. The van der Waals surface area contributed by atoms with Gasteiger partial charge in [-0.15, -0.1) is 0 Å². The summed E-state index contributed by atoms with van der Waals surface area (Å²) in [5, 5.41) is 4.53. The Balaban J connectivity index is 1.89. The summed E-state index contributed by atoms with van der Waals surface area (Å²) in [6.07, 6.45) is 4.26. The molecule has 1 aromatic carbocycles. The van der Waals surface area contributed by atoms with Crippen LogP contribution < -0.4 is 11.1 Å². The Kier molecular flexibility index (Phi) is 5.18. The molecule has 0 fully saturated rings. The minimum Gasteiger partial charge on any atom is -0.397 e. The minimum atomic E-state index is 0.315. The van der Waals surface area contributed by atoms with Gasteiger partial charge < -0.3 is 15.8 Å². The maximum atomic E-state index is 5.94. The fourth-order valence-corrected chi connectivity index (χ4v) is 2.12. The number of fused-ring (bicyclic) bond motifs is 1. The Morgan fingerprint density at radius 3 is 2.90 bits per heavy atom. The number of unbranched alkanes of at least 4 members (excludes halogenated alkanes) is 1. The van der Waals surface area contributed by atoms with Crippen molar-refractivity contribution in [1.29, 1.82) is 0 Å². The standard InChI is InChI=1S/C16H23N3O/c1-12(2)20-11-4-3-9-18-15-8-10-19-16-13(15)6-5-7-14(16)17/h5-8,10,12H,3-4,9,11,17H2,1-2H3,(H,18,19). The van der Waals surface area contributed by atoms with Crippen LogP contribution in [0.3, 0.4) is 0 Å². The van der Waals surface area contributed by atoms with Gasteiger partial charge in [0.05, 0.1) is 17.3 Å². The average Bonchev–Trinajstić information content (AvgIpc) is 2.43. The van der Waals surface area contributed by atoms with Crippen molar-refractivity contribution in [1.82, 2.24) is 4.98 Å². The summed E-state index contributed by atoms with van der Waals surface area (Å²) >= 11 is 0. The molecule has 4 nitrogen and oxygen atoms in total. The van der Waals surface area contributed by atoms with Crippen LogP contribution in [0, 0.1) is 0 Å². The van der Waals surface area contributed by atoms with Gasteiger partial charge >= 0.3 is 0 Å². The predicted octanol–water partition coefficient (Wildman–Crippen LogP) is 3.43. The van der Waals surface area contributed by atoms with E-state index in [-0.39, 0.29) is 0 Å². The number of anilines is 2. The highest BCUT2D eigenvalue weighted by atomic mass is 16.5. The summed E-state index contributed by atoms with van der Waals surface area (Å²) in [7, 11) is 0. The van der Waals surface area contributed by atoms with Crippen molar-refractivity contribution in [3.8, 4) is 0 Å². The molecule has 0 bridgehead atoms. The van der Waals surface area contributed by atoms with Crippen molar-refractivity contribution in [3.05, 3.63) is 30.5 Å². The van der Waals surface area contributed by atoms with Gasteiger partial charge in [-0.2, -0.15) is 0 Å². The first-order valence-electron chi connectivity index (χ1n) is 7.17. The number of hydrogen-bond acceptors (Lipinski definition) is 4. The molecule has 0 spiro atoms. The number of nitrogens with two attached hydrogens (primary N) is 1. The maximum absolute atomic E-state index is 5.94. The highest BCUT2D eigenvalue weighted by Gasteiger charge is 2.03. The van der Waals surface area contributed by atoms with E-state index < -0.39 is 0 Å². The van der Waals surface area contributed by atoms with E-state index in [0.29, 0.717) is 6.10 Å². The van der Waals surface area contributed by atoms with Crippen LogP contribution >= 0.6 is 0 Å². The molecule has 2 aromatic rings. The van der Waals surface area contributed by atoms with E-state index in [0.717, 1.165) is 48.3 Å². The Hall–Kier alpha value is -1.81. The number of aromatic nitrogens is 1. The number of nitrogens with zero attached hydrogens (tertiary/aromatic N) is 1. The van der Waals surface area contributed by atoms with Crippen LogP contribution in [0.2, 0.25) is 0 Å². The summed E-state index contributed by atoms with van der Waals surface area (Å²) < 4.78 is 5.53. The third-order valence-corrected chi connectivity index (χ3v) is 3.14. The summed E-state index contributed by atoms with van der Waals surface area (Å²) in [6.45, 7) is 5.87. The molecule has 108 valence electrons. The Bertz CT molecular complexity index is 554. The average molecular weight is 273 g/mol. The molecule has 0 aliphatic carbocycles. The second-order valence-corrected chi connectivity index (χ2v) is 5.16. The fourth-order valence-electron chi connectivity index (χ4n) is 2.12. The summed E-state index contributed by atoms with van der Waals surface area (Å²) in [6, 6.07) is 7.87. The number of ether oxygens (including phenoxy) is 1. The Labute approximate surface area is 120 Å². The van der Waals surface area contributed by atoms with E-state index in [1.807, 2.05) is 24.3 Å². The van der Waals surface area contributed by atoms with Gasteiger partial charge in [-0.05, 0) is 38.8 Å². The van der Waals surface area contributed by atoms with Gasteiger partial charge in [-0.1, -0.05) is 12.1 Å². The molecule has 20 heavy (non-hydrogen) atoms. The SMILES string of the molecule is CC(C)OCCCCNc1ccnc2c(N)cccc12. The van der Waals surface area contributed by atoms with Gasteiger partial charge in [0.25, 0.3) is 0 Å². The van der Waals surface area contributed by atoms with Gasteiger partial charge in [-0.3, -0.25) is 4.98 Å². The Morgan fingerprint density at radius 2 is 2.10 bits per heavy atom. The lowest BCUT2D eigenvalue weighted by atomic mass is 10.1. The summed E-state index contributed by atoms with van der Waals surface area (Å²) in [4.78, 5) is 4.33.